The number of aryl methyl sites for hydroxylation is 1. The number of anilines is 3. The molecule has 0 bridgehead atoms. The van der Waals surface area contributed by atoms with Gasteiger partial charge in [0.1, 0.15) is 11.5 Å². The smallest absolute Gasteiger partial charge is 0.255 e. The van der Waals surface area contributed by atoms with Crippen molar-refractivity contribution in [2.24, 2.45) is 0 Å². The second-order valence-electron chi connectivity index (χ2n) is 8.33. The highest BCUT2D eigenvalue weighted by Gasteiger charge is 2.22. The number of nitrogens with one attached hydrogen (secondary N) is 1. The standard InChI is InChI=1S/C23H28N6O/c1-2-16-13-17-14-25-23(27-21(17)29(22(16)30)18-7-3-4-8-18)26-20-10-9-19(15-24-20)28-11-5-6-12-28/h9-10,13-15,18H,2-8,11-12H2,1H3,(H,24,25,26,27). The molecule has 7 nitrogen and oxygen atoms in total. The monoisotopic (exact) mass is 404 g/mol. The maximum Gasteiger partial charge on any atom is 0.255 e. The molecule has 1 saturated heterocycles. The average Bonchev–Trinajstić information content (AvgIpc) is 3.48. The lowest BCUT2D eigenvalue weighted by atomic mass is 10.1. The number of pyridine rings is 2. The van der Waals surface area contributed by atoms with Gasteiger partial charge in [0.2, 0.25) is 5.95 Å². The van der Waals surface area contributed by atoms with Crippen LogP contribution < -0.4 is 15.8 Å². The highest BCUT2D eigenvalue weighted by molar-refractivity contribution is 5.76. The Morgan fingerprint density at radius 3 is 2.57 bits per heavy atom. The van der Waals surface area contributed by atoms with Crippen LogP contribution in [0, 0.1) is 0 Å². The predicted molar refractivity (Wildman–Crippen MR) is 120 cm³/mol. The number of rotatable bonds is 5. The molecule has 5 rings (SSSR count). The predicted octanol–water partition coefficient (Wildman–Crippen LogP) is 4.21. The van der Waals surface area contributed by atoms with Crippen LogP contribution in [0.2, 0.25) is 0 Å². The van der Waals surface area contributed by atoms with Crippen molar-refractivity contribution in [3.05, 3.63) is 46.5 Å². The third-order valence-electron chi connectivity index (χ3n) is 6.38. The summed E-state index contributed by atoms with van der Waals surface area (Å²) < 4.78 is 1.91. The minimum Gasteiger partial charge on any atom is -0.370 e. The van der Waals surface area contributed by atoms with Crippen LogP contribution in [-0.4, -0.2) is 32.6 Å². The van der Waals surface area contributed by atoms with E-state index in [4.69, 9.17) is 4.98 Å². The van der Waals surface area contributed by atoms with Crippen molar-refractivity contribution in [2.45, 2.75) is 57.9 Å². The van der Waals surface area contributed by atoms with E-state index < -0.39 is 0 Å². The fraction of sp³-hybridized carbons (Fsp3) is 0.478. The number of fused-ring (bicyclic) bond motifs is 1. The normalized spacial score (nSPS) is 17.2. The Kier molecular flexibility index (Phi) is 5.11. The quantitative estimate of drug-likeness (QED) is 0.687. The molecule has 0 atom stereocenters. The molecule has 0 aromatic carbocycles. The van der Waals surface area contributed by atoms with Gasteiger partial charge in [-0.3, -0.25) is 9.36 Å². The lowest BCUT2D eigenvalue weighted by molar-refractivity contribution is 0.513. The van der Waals surface area contributed by atoms with Gasteiger partial charge in [0.05, 0.1) is 11.9 Å². The Balaban J connectivity index is 1.48. The number of nitrogens with zero attached hydrogens (tertiary/aromatic N) is 5. The van der Waals surface area contributed by atoms with E-state index in [1.807, 2.05) is 36.0 Å². The third kappa shape index (κ3) is 3.53. The Hall–Kier alpha value is -2.96. The summed E-state index contributed by atoms with van der Waals surface area (Å²) in [5.41, 5.74) is 2.79. The zero-order chi connectivity index (χ0) is 20.5. The van der Waals surface area contributed by atoms with Gasteiger partial charge in [-0.1, -0.05) is 19.8 Å². The third-order valence-corrected chi connectivity index (χ3v) is 6.38. The maximum absolute atomic E-state index is 13.1. The highest BCUT2D eigenvalue weighted by atomic mass is 16.1. The van der Waals surface area contributed by atoms with Gasteiger partial charge >= 0.3 is 0 Å². The van der Waals surface area contributed by atoms with E-state index in [1.165, 1.54) is 25.7 Å². The van der Waals surface area contributed by atoms with Crippen molar-refractivity contribution < 1.29 is 0 Å². The Morgan fingerprint density at radius 2 is 1.87 bits per heavy atom. The average molecular weight is 405 g/mol. The molecule has 1 saturated carbocycles. The van der Waals surface area contributed by atoms with Crippen LogP contribution in [0.25, 0.3) is 11.0 Å². The second-order valence-corrected chi connectivity index (χ2v) is 8.33. The second kappa shape index (κ2) is 8.05. The first-order valence-corrected chi connectivity index (χ1v) is 11.1. The number of hydrogen-bond donors (Lipinski definition) is 1. The maximum atomic E-state index is 13.1. The van der Waals surface area contributed by atoms with Gasteiger partial charge in [-0.25, -0.2) is 9.97 Å². The molecular weight excluding hydrogens is 376 g/mol. The zero-order valence-electron chi connectivity index (χ0n) is 17.5. The minimum absolute atomic E-state index is 0.0923. The molecule has 3 aromatic rings. The fourth-order valence-corrected chi connectivity index (χ4v) is 4.73. The summed E-state index contributed by atoms with van der Waals surface area (Å²) in [6.45, 7) is 4.22. The Morgan fingerprint density at radius 1 is 1.07 bits per heavy atom. The molecule has 4 heterocycles. The molecule has 0 radical (unpaired) electrons. The minimum atomic E-state index is 0.0923. The van der Waals surface area contributed by atoms with E-state index in [1.54, 1.807) is 0 Å². The summed E-state index contributed by atoms with van der Waals surface area (Å²) in [5.74, 6) is 1.18. The first kappa shape index (κ1) is 19.0. The van der Waals surface area contributed by atoms with Gasteiger partial charge in [-0.2, -0.15) is 4.98 Å². The molecule has 7 heteroatoms. The van der Waals surface area contributed by atoms with E-state index >= 15 is 0 Å². The molecular formula is C23H28N6O. The lowest BCUT2D eigenvalue weighted by Crippen LogP contribution is -2.27. The number of aromatic nitrogens is 4. The molecule has 156 valence electrons. The van der Waals surface area contributed by atoms with E-state index in [0.29, 0.717) is 11.8 Å². The molecule has 0 amide bonds. The van der Waals surface area contributed by atoms with Crippen molar-refractivity contribution in [2.75, 3.05) is 23.3 Å². The molecule has 2 fully saturated rings. The highest BCUT2D eigenvalue weighted by Crippen LogP contribution is 2.31. The summed E-state index contributed by atoms with van der Waals surface area (Å²) in [6, 6.07) is 6.22. The number of hydrogen-bond acceptors (Lipinski definition) is 6. The summed E-state index contributed by atoms with van der Waals surface area (Å²) in [5, 5.41) is 4.13. The topological polar surface area (TPSA) is 75.9 Å². The molecule has 0 unspecified atom stereocenters. The summed E-state index contributed by atoms with van der Waals surface area (Å²) >= 11 is 0. The molecule has 3 aromatic heterocycles. The molecule has 30 heavy (non-hydrogen) atoms. The summed E-state index contributed by atoms with van der Waals surface area (Å²) in [6.07, 6.45) is 11.3. The SMILES string of the molecule is CCc1cc2cnc(Nc3ccc(N4CCCC4)cn3)nc2n(C2CCCC2)c1=O. The van der Waals surface area contributed by atoms with Gasteiger partial charge in [0, 0.05) is 36.3 Å². The van der Waals surface area contributed by atoms with Crippen LogP contribution in [0.15, 0.2) is 35.4 Å². The van der Waals surface area contributed by atoms with Gasteiger partial charge in [-0.15, -0.1) is 0 Å². The van der Waals surface area contributed by atoms with Crippen molar-refractivity contribution in [3.63, 3.8) is 0 Å². The van der Waals surface area contributed by atoms with Crippen LogP contribution in [0.1, 0.15) is 57.1 Å². The molecule has 2 aliphatic rings. The molecule has 0 spiro atoms. The zero-order valence-corrected chi connectivity index (χ0v) is 17.5. The Labute approximate surface area is 176 Å². The van der Waals surface area contributed by atoms with Gasteiger partial charge < -0.3 is 10.2 Å². The van der Waals surface area contributed by atoms with Crippen molar-refractivity contribution in [3.8, 4) is 0 Å². The van der Waals surface area contributed by atoms with Crippen LogP contribution in [0.4, 0.5) is 17.5 Å². The largest absolute Gasteiger partial charge is 0.370 e. The van der Waals surface area contributed by atoms with E-state index in [-0.39, 0.29) is 11.6 Å². The molecule has 1 aliphatic carbocycles. The lowest BCUT2D eigenvalue weighted by Gasteiger charge is -2.18. The summed E-state index contributed by atoms with van der Waals surface area (Å²) in [7, 11) is 0. The van der Waals surface area contributed by atoms with E-state index in [9.17, 15) is 4.79 Å². The van der Waals surface area contributed by atoms with Crippen LogP contribution >= 0.6 is 0 Å². The van der Waals surface area contributed by atoms with Crippen LogP contribution in [-0.2, 0) is 6.42 Å². The van der Waals surface area contributed by atoms with Crippen molar-refractivity contribution in [1.29, 1.82) is 0 Å². The van der Waals surface area contributed by atoms with Crippen LogP contribution in [0.3, 0.4) is 0 Å². The first-order valence-electron chi connectivity index (χ1n) is 11.1. The fourth-order valence-electron chi connectivity index (χ4n) is 4.73. The molecule has 1 aliphatic heterocycles. The summed E-state index contributed by atoms with van der Waals surface area (Å²) in [4.78, 5) is 29.2. The van der Waals surface area contributed by atoms with Gasteiger partial charge in [0.15, 0.2) is 0 Å². The van der Waals surface area contributed by atoms with Gasteiger partial charge in [-0.05, 0) is 50.3 Å². The van der Waals surface area contributed by atoms with Crippen molar-refractivity contribution >= 4 is 28.5 Å². The first-order chi connectivity index (χ1) is 14.7. The van der Waals surface area contributed by atoms with Crippen LogP contribution in [0.5, 0.6) is 0 Å². The van der Waals surface area contributed by atoms with E-state index in [0.717, 1.165) is 54.6 Å². The molecule has 1 N–H and O–H groups in total. The van der Waals surface area contributed by atoms with E-state index in [2.05, 4.69) is 26.3 Å². The Bertz CT molecular complexity index is 1100. The van der Waals surface area contributed by atoms with Gasteiger partial charge in [0.25, 0.3) is 5.56 Å². The van der Waals surface area contributed by atoms with Crippen molar-refractivity contribution in [1.82, 2.24) is 19.5 Å².